The zero-order chi connectivity index (χ0) is 14.0. The lowest BCUT2D eigenvalue weighted by atomic mass is 10.2. The van der Waals surface area contributed by atoms with Gasteiger partial charge in [0.1, 0.15) is 12.4 Å². The molecule has 0 saturated heterocycles. The lowest BCUT2D eigenvalue weighted by Crippen LogP contribution is -2.13. The number of nitrogens with one attached hydrogen (secondary N) is 1. The lowest BCUT2D eigenvalue weighted by molar-refractivity contribution is 0.107. The number of anilines is 1. The molecule has 0 aliphatic rings. The highest BCUT2D eigenvalue weighted by Gasteiger charge is 1.93. The summed E-state index contributed by atoms with van der Waals surface area (Å²) in [5.74, 6) is 0.883. The number of benzene rings is 2. The second kappa shape index (κ2) is 8.23. The summed E-state index contributed by atoms with van der Waals surface area (Å²) in [6.07, 6.45) is 0. The Hall–Kier alpha value is -2.00. The van der Waals surface area contributed by atoms with Gasteiger partial charge in [-0.05, 0) is 31.2 Å². The highest BCUT2D eigenvalue weighted by Crippen LogP contribution is 2.08. The van der Waals surface area contributed by atoms with Crippen molar-refractivity contribution >= 4 is 5.69 Å². The summed E-state index contributed by atoms with van der Waals surface area (Å²) in [6.45, 7) is 4.74. The number of ether oxygens (including phenoxy) is 2. The first-order valence-electron chi connectivity index (χ1n) is 6.91. The monoisotopic (exact) mass is 271 g/mol. The Morgan fingerprint density at radius 2 is 1.60 bits per heavy atom. The number of hydrogen-bond acceptors (Lipinski definition) is 3. The zero-order valence-electron chi connectivity index (χ0n) is 11.8. The molecule has 0 radical (unpaired) electrons. The number of para-hydroxylation sites is 1. The number of hydrogen-bond donors (Lipinski definition) is 1. The quantitative estimate of drug-likeness (QED) is 0.745. The van der Waals surface area contributed by atoms with Crippen molar-refractivity contribution in [1.29, 1.82) is 0 Å². The van der Waals surface area contributed by atoms with E-state index in [1.165, 1.54) is 5.56 Å². The SMILES string of the molecule is Cc1ccc(NCCOCCOc2ccccc2)cc1. The van der Waals surface area contributed by atoms with Gasteiger partial charge < -0.3 is 14.8 Å². The molecule has 0 spiro atoms. The molecule has 2 aromatic rings. The second-order valence-electron chi connectivity index (χ2n) is 4.57. The minimum atomic E-state index is 0.578. The Labute approximate surface area is 120 Å². The molecule has 20 heavy (non-hydrogen) atoms. The molecule has 2 rings (SSSR count). The fourth-order valence-corrected chi connectivity index (χ4v) is 1.78. The van der Waals surface area contributed by atoms with Gasteiger partial charge >= 0.3 is 0 Å². The molecule has 106 valence electrons. The molecule has 0 aliphatic heterocycles. The molecule has 0 fully saturated rings. The van der Waals surface area contributed by atoms with E-state index in [0.717, 1.165) is 18.0 Å². The molecular formula is C17H21NO2. The first-order valence-corrected chi connectivity index (χ1v) is 6.91. The summed E-state index contributed by atoms with van der Waals surface area (Å²) in [7, 11) is 0. The summed E-state index contributed by atoms with van der Waals surface area (Å²) in [6, 6.07) is 18.1. The van der Waals surface area contributed by atoms with Gasteiger partial charge in [0.2, 0.25) is 0 Å². The van der Waals surface area contributed by atoms with Crippen molar-refractivity contribution in [2.24, 2.45) is 0 Å². The van der Waals surface area contributed by atoms with Gasteiger partial charge in [0.25, 0.3) is 0 Å². The Morgan fingerprint density at radius 3 is 2.35 bits per heavy atom. The summed E-state index contributed by atoms with van der Waals surface area (Å²) < 4.78 is 11.1. The molecule has 0 aromatic heterocycles. The highest BCUT2D eigenvalue weighted by molar-refractivity contribution is 5.44. The minimum Gasteiger partial charge on any atom is -0.491 e. The molecule has 0 unspecified atom stereocenters. The van der Waals surface area contributed by atoms with Crippen molar-refractivity contribution in [2.75, 3.05) is 31.7 Å². The van der Waals surface area contributed by atoms with E-state index in [-0.39, 0.29) is 0 Å². The summed E-state index contributed by atoms with van der Waals surface area (Å²) in [5, 5.41) is 3.31. The Morgan fingerprint density at radius 1 is 0.850 bits per heavy atom. The van der Waals surface area contributed by atoms with Gasteiger partial charge in [0.15, 0.2) is 0 Å². The number of aryl methyl sites for hydroxylation is 1. The maximum absolute atomic E-state index is 5.54. The number of rotatable bonds is 8. The van der Waals surface area contributed by atoms with Crippen LogP contribution in [0.25, 0.3) is 0 Å². The fraction of sp³-hybridized carbons (Fsp3) is 0.294. The average Bonchev–Trinajstić information content (AvgIpc) is 2.49. The van der Waals surface area contributed by atoms with Crippen LogP contribution in [0.1, 0.15) is 5.56 Å². The van der Waals surface area contributed by atoms with E-state index in [0.29, 0.717) is 19.8 Å². The van der Waals surface area contributed by atoms with Crippen LogP contribution in [-0.4, -0.2) is 26.4 Å². The third kappa shape index (κ3) is 5.33. The maximum atomic E-state index is 5.54. The van der Waals surface area contributed by atoms with E-state index in [1.807, 2.05) is 30.3 Å². The summed E-state index contributed by atoms with van der Waals surface area (Å²) >= 11 is 0. The summed E-state index contributed by atoms with van der Waals surface area (Å²) in [4.78, 5) is 0. The normalized spacial score (nSPS) is 10.2. The third-order valence-electron chi connectivity index (χ3n) is 2.87. The first-order chi connectivity index (χ1) is 9.84. The van der Waals surface area contributed by atoms with Crippen LogP contribution >= 0.6 is 0 Å². The molecule has 3 heteroatoms. The van der Waals surface area contributed by atoms with Crippen molar-refractivity contribution in [3.05, 3.63) is 60.2 Å². The predicted molar refractivity (Wildman–Crippen MR) is 82.4 cm³/mol. The molecule has 0 saturated carbocycles. The molecule has 0 heterocycles. The van der Waals surface area contributed by atoms with Crippen LogP contribution in [0, 0.1) is 6.92 Å². The largest absolute Gasteiger partial charge is 0.491 e. The summed E-state index contributed by atoms with van der Waals surface area (Å²) in [5.41, 5.74) is 2.39. The van der Waals surface area contributed by atoms with Crippen molar-refractivity contribution in [3.8, 4) is 5.75 Å². The third-order valence-corrected chi connectivity index (χ3v) is 2.87. The molecule has 2 aromatic carbocycles. The van der Waals surface area contributed by atoms with E-state index >= 15 is 0 Å². The van der Waals surface area contributed by atoms with E-state index in [2.05, 4.69) is 36.5 Å². The van der Waals surface area contributed by atoms with Gasteiger partial charge in [-0.15, -0.1) is 0 Å². The molecule has 0 atom stereocenters. The lowest BCUT2D eigenvalue weighted by Gasteiger charge is -2.09. The maximum Gasteiger partial charge on any atom is 0.119 e. The van der Waals surface area contributed by atoms with E-state index < -0.39 is 0 Å². The zero-order valence-corrected chi connectivity index (χ0v) is 11.8. The molecule has 0 amide bonds. The van der Waals surface area contributed by atoms with Crippen LogP contribution in [0.15, 0.2) is 54.6 Å². The van der Waals surface area contributed by atoms with Gasteiger partial charge in [-0.3, -0.25) is 0 Å². The van der Waals surface area contributed by atoms with E-state index in [9.17, 15) is 0 Å². The van der Waals surface area contributed by atoms with Crippen LogP contribution < -0.4 is 10.1 Å². The van der Waals surface area contributed by atoms with Crippen LogP contribution in [0.3, 0.4) is 0 Å². The van der Waals surface area contributed by atoms with Gasteiger partial charge in [0.05, 0.1) is 13.2 Å². The standard InChI is InChI=1S/C17H21NO2/c1-15-7-9-16(10-8-15)18-11-12-19-13-14-20-17-5-3-2-4-6-17/h2-10,18H,11-14H2,1H3. The fourth-order valence-electron chi connectivity index (χ4n) is 1.78. The molecule has 3 nitrogen and oxygen atoms in total. The van der Waals surface area contributed by atoms with Crippen molar-refractivity contribution in [1.82, 2.24) is 0 Å². The van der Waals surface area contributed by atoms with Crippen molar-refractivity contribution < 1.29 is 9.47 Å². The topological polar surface area (TPSA) is 30.5 Å². The van der Waals surface area contributed by atoms with Crippen molar-refractivity contribution in [3.63, 3.8) is 0 Å². The average molecular weight is 271 g/mol. The van der Waals surface area contributed by atoms with Gasteiger partial charge in [0, 0.05) is 12.2 Å². The van der Waals surface area contributed by atoms with Crippen LogP contribution in [-0.2, 0) is 4.74 Å². The Kier molecular flexibility index (Phi) is 5.93. The van der Waals surface area contributed by atoms with Crippen molar-refractivity contribution in [2.45, 2.75) is 6.92 Å². The first kappa shape index (κ1) is 14.4. The van der Waals surface area contributed by atoms with Crippen LogP contribution in [0.4, 0.5) is 5.69 Å². The van der Waals surface area contributed by atoms with E-state index in [1.54, 1.807) is 0 Å². The predicted octanol–water partition coefficient (Wildman–Crippen LogP) is 3.50. The molecule has 0 aliphatic carbocycles. The van der Waals surface area contributed by atoms with Gasteiger partial charge in [-0.2, -0.15) is 0 Å². The molecule has 1 N–H and O–H groups in total. The van der Waals surface area contributed by atoms with Crippen LogP contribution in [0.5, 0.6) is 5.75 Å². The van der Waals surface area contributed by atoms with Gasteiger partial charge in [-0.25, -0.2) is 0 Å². The highest BCUT2D eigenvalue weighted by atomic mass is 16.5. The second-order valence-corrected chi connectivity index (χ2v) is 4.57. The van der Waals surface area contributed by atoms with Crippen LogP contribution in [0.2, 0.25) is 0 Å². The molecular weight excluding hydrogens is 250 g/mol. The Balaban J connectivity index is 1.51. The minimum absolute atomic E-state index is 0.578. The molecule has 0 bridgehead atoms. The Bertz CT molecular complexity index is 482. The van der Waals surface area contributed by atoms with E-state index in [4.69, 9.17) is 9.47 Å². The smallest absolute Gasteiger partial charge is 0.119 e. The van der Waals surface area contributed by atoms with Gasteiger partial charge in [-0.1, -0.05) is 35.9 Å².